The molecule has 0 spiro atoms. The van der Waals surface area contributed by atoms with Crippen LogP contribution in [0.5, 0.6) is 5.75 Å². The SMILES string of the molecule is CC(F)(F)c1cc(N2C(S)N(c3cnc(C#N)c(C(F)(F)F)c3)C(=O)C2(C)C)ccc1OCCC1CCN(CC(=O)O)CC1.Cl. The summed E-state index contributed by atoms with van der Waals surface area (Å²) < 4.78 is 76.3. The van der Waals surface area contributed by atoms with Crippen LogP contribution in [0.4, 0.5) is 33.3 Å². The number of ether oxygens (including phenoxy) is 1. The molecule has 2 aliphatic rings. The third-order valence-electron chi connectivity index (χ3n) is 7.93. The van der Waals surface area contributed by atoms with Crippen LogP contribution in [0.2, 0.25) is 0 Å². The van der Waals surface area contributed by atoms with Crippen molar-refractivity contribution in [3.8, 4) is 11.8 Å². The van der Waals surface area contributed by atoms with Crippen molar-refractivity contribution in [2.75, 3.05) is 36.0 Å². The van der Waals surface area contributed by atoms with Crippen molar-refractivity contribution in [2.45, 2.75) is 63.2 Å². The molecule has 0 saturated carbocycles. The van der Waals surface area contributed by atoms with Gasteiger partial charge in [-0.25, -0.2) is 13.8 Å². The average Bonchev–Trinajstić information content (AvgIpc) is 3.11. The largest absolute Gasteiger partial charge is 0.493 e. The molecule has 2 saturated heterocycles. The van der Waals surface area contributed by atoms with Crippen LogP contribution in [-0.4, -0.2) is 64.1 Å². The van der Waals surface area contributed by atoms with Crippen LogP contribution in [0.1, 0.15) is 56.9 Å². The van der Waals surface area contributed by atoms with Crippen molar-refractivity contribution in [1.82, 2.24) is 9.88 Å². The van der Waals surface area contributed by atoms with Crippen LogP contribution in [0.3, 0.4) is 0 Å². The Morgan fingerprint density at radius 2 is 1.78 bits per heavy atom. The highest BCUT2D eigenvalue weighted by Gasteiger charge is 2.52. The number of hydrogen-bond donors (Lipinski definition) is 2. The minimum absolute atomic E-state index is 0. The maximum atomic E-state index is 14.9. The molecule has 3 heterocycles. The Morgan fingerprint density at radius 1 is 1.16 bits per heavy atom. The van der Waals surface area contributed by atoms with E-state index >= 15 is 0 Å². The number of benzene rings is 1. The summed E-state index contributed by atoms with van der Waals surface area (Å²) in [7, 11) is 0. The number of carboxylic acids is 1. The van der Waals surface area contributed by atoms with Gasteiger partial charge in [-0.05, 0) is 76.4 Å². The number of likely N-dealkylation sites (tertiary alicyclic amines) is 1. The summed E-state index contributed by atoms with van der Waals surface area (Å²) in [5, 5.41) is 18.0. The number of carbonyl (C=O) groups is 2. The van der Waals surface area contributed by atoms with E-state index in [1.807, 2.05) is 4.90 Å². The van der Waals surface area contributed by atoms with Crippen molar-refractivity contribution < 1.29 is 41.4 Å². The number of nitriles is 1. The average molecular weight is 678 g/mol. The standard InChI is InChI=1S/C29H32F5N5O4S.ClH/c1-27(2)25(42)38(19-13-20(29(32,33)34)22(14-35)36-15-19)26(44)39(27)18-4-5-23(21(12-18)28(3,30)31)43-11-8-17-6-9-37(10-7-17)16-24(40)41;/h4-5,12-13,15,17,26,44H,6-11,16H2,1-3H3,(H,40,41);1H. The normalized spacial score (nSPS) is 19.3. The van der Waals surface area contributed by atoms with Crippen LogP contribution in [0.15, 0.2) is 30.5 Å². The predicted octanol–water partition coefficient (Wildman–Crippen LogP) is 5.92. The summed E-state index contributed by atoms with van der Waals surface area (Å²) in [5.74, 6) is -4.68. The molecule has 1 atom stereocenters. The van der Waals surface area contributed by atoms with Crippen LogP contribution in [0.25, 0.3) is 0 Å². The smallest absolute Gasteiger partial charge is 0.419 e. The highest BCUT2D eigenvalue weighted by molar-refractivity contribution is 7.81. The van der Waals surface area contributed by atoms with Gasteiger partial charge in [-0.1, -0.05) is 0 Å². The molecular weight excluding hydrogens is 645 g/mol. The van der Waals surface area contributed by atoms with E-state index in [4.69, 9.17) is 15.1 Å². The fourth-order valence-corrected chi connectivity index (χ4v) is 6.26. The number of aliphatic carboxylic acids is 1. The van der Waals surface area contributed by atoms with Gasteiger partial charge in [0.15, 0.2) is 11.2 Å². The summed E-state index contributed by atoms with van der Waals surface area (Å²) in [6.45, 7) is 5.11. The van der Waals surface area contributed by atoms with Gasteiger partial charge >= 0.3 is 12.1 Å². The van der Waals surface area contributed by atoms with E-state index in [1.165, 1.54) is 43.0 Å². The molecule has 246 valence electrons. The van der Waals surface area contributed by atoms with Crippen molar-refractivity contribution in [1.29, 1.82) is 5.26 Å². The molecular formula is C29H33ClF5N5O4S. The van der Waals surface area contributed by atoms with Gasteiger partial charge < -0.3 is 14.7 Å². The molecule has 45 heavy (non-hydrogen) atoms. The maximum Gasteiger partial charge on any atom is 0.419 e. The zero-order valence-corrected chi connectivity index (χ0v) is 26.4. The molecule has 1 aromatic carbocycles. The first-order valence-corrected chi connectivity index (χ1v) is 14.3. The Bertz CT molecular complexity index is 1460. The Hall–Kier alpha value is -3.35. The van der Waals surface area contributed by atoms with Crippen molar-refractivity contribution in [3.05, 3.63) is 47.3 Å². The Morgan fingerprint density at radius 3 is 2.33 bits per heavy atom. The number of hydrogen-bond acceptors (Lipinski definition) is 8. The molecule has 2 aliphatic heterocycles. The van der Waals surface area contributed by atoms with Gasteiger partial charge in [-0.15, -0.1) is 25.0 Å². The van der Waals surface area contributed by atoms with E-state index in [0.717, 1.165) is 23.9 Å². The zero-order valence-electron chi connectivity index (χ0n) is 24.6. The van der Waals surface area contributed by atoms with Crippen LogP contribution in [0, 0.1) is 17.2 Å². The molecule has 4 rings (SSSR count). The second-order valence-electron chi connectivity index (χ2n) is 11.5. The molecule has 0 radical (unpaired) electrons. The number of anilines is 2. The number of thiol groups is 1. The van der Waals surface area contributed by atoms with Crippen molar-refractivity contribution in [3.63, 3.8) is 0 Å². The lowest BCUT2D eigenvalue weighted by Gasteiger charge is -2.34. The number of amides is 1. The summed E-state index contributed by atoms with van der Waals surface area (Å²) in [6.07, 6.45) is -1.81. The summed E-state index contributed by atoms with van der Waals surface area (Å²) in [4.78, 5) is 32.2. The van der Waals surface area contributed by atoms with Crippen LogP contribution < -0.4 is 14.5 Å². The molecule has 2 fully saturated rings. The number of pyridine rings is 1. The van der Waals surface area contributed by atoms with Gasteiger partial charge in [0.25, 0.3) is 11.8 Å². The van der Waals surface area contributed by atoms with Gasteiger partial charge in [0.05, 0.1) is 36.2 Å². The lowest BCUT2D eigenvalue weighted by molar-refractivity contribution is -0.139. The fourth-order valence-electron chi connectivity index (χ4n) is 5.60. The first-order chi connectivity index (χ1) is 20.4. The van der Waals surface area contributed by atoms with Crippen molar-refractivity contribution >= 4 is 48.3 Å². The van der Waals surface area contributed by atoms with E-state index in [-0.39, 0.29) is 48.6 Å². The third kappa shape index (κ3) is 7.73. The van der Waals surface area contributed by atoms with Crippen molar-refractivity contribution in [2.24, 2.45) is 5.92 Å². The number of piperidine rings is 1. The van der Waals surface area contributed by atoms with Gasteiger partial charge in [0.2, 0.25) is 0 Å². The number of nitrogens with zero attached hydrogens (tertiary/aromatic N) is 5. The predicted molar refractivity (Wildman–Crippen MR) is 161 cm³/mol. The number of aromatic nitrogens is 1. The second-order valence-corrected chi connectivity index (χ2v) is 11.9. The monoisotopic (exact) mass is 677 g/mol. The van der Waals surface area contributed by atoms with E-state index in [2.05, 4.69) is 17.6 Å². The summed E-state index contributed by atoms with van der Waals surface area (Å²) in [5.41, 5.74) is -5.32. The quantitative estimate of drug-likeness (QED) is 0.249. The number of halogens is 6. The molecule has 1 amide bonds. The minimum atomic E-state index is -4.91. The molecule has 2 aromatic rings. The van der Waals surface area contributed by atoms with Gasteiger partial charge in [-0.2, -0.15) is 18.4 Å². The number of alkyl halides is 5. The maximum absolute atomic E-state index is 14.9. The molecule has 1 N–H and O–H groups in total. The Labute approximate surface area is 268 Å². The second kappa shape index (κ2) is 13.6. The van der Waals surface area contributed by atoms with E-state index in [9.17, 15) is 31.5 Å². The zero-order chi connectivity index (χ0) is 32.6. The molecule has 0 bridgehead atoms. The fraction of sp³-hybridized carbons (Fsp3) is 0.517. The lowest BCUT2D eigenvalue weighted by atomic mass is 9.94. The molecule has 1 aromatic heterocycles. The molecule has 1 unspecified atom stereocenters. The molecule has 9 nitrogen and oxygen atoms in total. The topological polar surface area (TPSA) is 110 Å². The lowest BCUT2D eigenvalue weighted by Crippen LogP contribution is -2.45. The van der Waals surface area contributed by atoms with Gasteiger partial charge in [0, 0.05) is 12.6 Å². The number of rotatable bonds is 9. The Kier molecular flexibility index (Phi) is 10.9. The summed E-state index contributed by atoms with van der Waals surface area (Å²) >= 11 is 4.51. The van der Waals surface area contributed by atoms with Gasteiger partial charge in [0.1, 0.15) is 17.4 Å². The first-order valence-electron chi connectivity index (χ1n) is 13.8. The van der Waals surface area contributed by atoms with Crippen LogP contribution >= 0.6 is 25.0 Å². The highest BCUT2D eigenvalue weighted by atomic mass is 35.5. The minimum Gasteiger partial charge on any atom is -0.493 e. The van der Waals surface area contributed by atoms with E-state index in [0.29, 0.717) is 32.5 Å². The number of carbonyl (C=O) groups excluding carboxylic acids is 1. The molecule has 16 heteroatoms. The number of carboxylic acid groups (broad SMARTS) is 1. The van der Waals surface area contributed by atoms with Gasteiger partial charge in [-0.3, -0.25) is 19.4 Å². The van der Waals surface area contributed by atoms with Crippen LogP contribution in [-0.2, 0) is 21.7 Å². The summed E-state index contributed by atoms with van der Waals surface area (Å²) in [6, 6.07) is 6.06. The molecule has 0 aliphatic carbocycles. The first kappa shape index (κ1) is 36.1. The van der Waals surface area contributed by atoms with E-state index < -0.39 is 51.8 Å². The van der Waals surface area contributed by atoms with E-state index in [1.54, 1.807) is 0 Å². The third-order valence-corrected chi connectivity index (χ3v) is 8.39. The Balaban J connectivity index is 0.00000552. The highest BCUT2D eigenvalue weighted by Crippen LogP contribution is 2.44.